The molecule has 1 aliphatic heterocycles. The number of nitrogens with one attached hydrogen (secondary N) is 2. The number of hydrogen-bond acceptors (Lipinski definition) is 4. The Kier molecular flexibility index (Phi) is 9.02. The van der Waals surface area contributed by atoms with Gasteiger partial charge in [-0.05, 0) is 31.0 Å². The maximum Gasteiger partial charge on any atom is 0.255 e. The number of halogens is 2. The number of hydrogen-bond donors (Lipinski definition) is 2. The Bertz CT molecular complexity index is 675. The van der Waals surface area contributed by atoms with Crippen molar-refractivity contribution in [2.24, 2.45) is 0 Å². The number of nitrogens with zero attached hydrogens (tertiary/aromatic N) is 1. The molecule has 3 rings (SSSR count). The molecule has 1 aromatic carbocycles. The van der Waals surface area contributed by atoms with Crippen LogP contribution in [0.3, 0.4) is 0 Å². The highest BCUT2D eigenvalue weighted by atomic mass is 35.5. The average molecular weight is 430 g/mol. The smallest absolute Gasteiger partial charge is 0.255 e. The van der Waals surface area contributed by atoms with Crippen LogP contribution in [-0.2, 0) is 9.53 Å². The van der Waals surface area contributed by atoms with Gasteiger partial charge < -0.3 is 20.3 Å². The molecule has 2 fully saturated rings. The van der Waals surface area contributed by atoms with E-state index in [2.05, 4.69) is 10.6 Å². The number of morpholine rings is 1. The Morgan fingerprint density at radius 3 is 2.68 bits per heavy atom. The van der Waals surface area contributed by atoms with Crippen molar-refractivity contribution in [2.75, 3.05) is 32.1 Å². The van der Waals surface area contributed by atoms with Crippen LogP contribution < -0.4 is 10.6 Å². The lowest BCUT2D eigenvalue weighted by atomic mass is 9.94. The van der Waals surface area contributed by atoms with Gasteiger partial charge in [0.15, 0.2) is 0 Å². The second-order valence-corrected chi connectivity index (χ2v) is 7.79. The van der Waals surface area contributed by atoms with Crippen molar-refractivity contribution in [3.63, 3.8) is 0 Å². The first-order chi connectivity index (χ1) is 13.0. The van der Waals surface area contributed by atoms with Crippen LogP contribution in [0, 0.1) is 0 Å². The number of carbonyl (C=O) groups is 2. The van der Waals surface area contributed by atoms with Gasteiger partial charge in [-0.1, -0.05) is 30.9 Å². The average Bonchev–Trinajstić information content (AvgIpc) is 2.68. The fraction of sp³-hybridized carbons (Fsp3) is 0.600. The summed E-state index contributed by atoms with van der Waals surface area (Å²) in [6.07, 6.45) is 6.02. The lowest BCUT2D eigenvalue weighted by molar-refractivity contribution is -0.117. The molecule has 0 aromatic heterocycles. The first kappa shape index (κ1) is 22.9. The van der Waals surface area contributed by atoms with Crippen LogP contribution >= 0.6 is 24.0 Å². The molecular formula is C20H29Cl2N3O3. The van der Waals surface area contributed by atoms with E-state index >= 15 is 0 Å². The summed E-state index contributed by atoms with van der Waals surface area (Å²) in [6, 6.07) is 5.38. The second-order valence-electron chi connectivity index (χ2n) is 7.38. The van der Waals surface area contributed by atoms with E-state index in [-0.39, 0.29) is 36.3 Å². The molecule has 2 N–H and O–H groups in total. The standard InChI is InChI=1S/C20H28ClN3O3.ClH/c1-24(16-5-3-2-4-6-16)20(26)17-8-7-14(11-18(17)21)23-19(25)12-15-13-27-10-9-22-15;/h7-8,11,15-16,22H,2-6,9-10,12-13H2,1H3,(H,23,25);1H. The molecule has 0 spiro atoms. The van der Waals surface area contributed by atoms with Crippen LogP contribution in [0.15, 0.2) is 18.2 Å². The maximum absolute atomic E-state index is 12.8. The lowest BCUT2D eigenvalue weighted by Gasteiger charge is -2.31. The largest absolute Gasteiger partial charge is 0.378 e. The Hall–Kier alpha value is -1.34. The summed E-state index contributed by atoms with van der Waals surface area (Å²) in [5, 5.41) is 6.46. The SMILES string of the molecule is CN(C(=O)c1ccc(NC(=O)CC2COCCN2)cc1Cl)C1CCCCC1.Cl. The van der Waals surface area contributed by atoms with Crippen LogP contribution in [0.5, 0.6) is 0 Å². The van der Waals surface area contributed by atoms with Gasteiger partial charge in [0.25, 0.3) is 5.91 Å². The van der Waals surface area contributed by atoms with Gasteiger partial charge in [0.05, 0.1) is 23.8 Å². The zero-order chi connectivity index (χ0) is 19.2. The Morgan fingerprint density at radius 1 is 1.29 bits per heavy atom. The monoisotopic (exact) mass is 429 g/mol. The summed E-state index contributed by atoms with van der Waals surface area (Å²) in [6.45, 7) is 1.97. The van der Waals surface area contributed by atoms with Gasteiger partial charge in [-0.15, -0.1) is 12.4 Å². The number of amides is 2. The number of rotatable bonds is 5. The first-order valence-corrected chi connectivity index (χ1v) is 10.1. The van der Waals surface area contributed by atoms with Crippen molar-refractivity contribution in [1.82, 2.24) is 10.2 Å². The third-order valence-corrected chi connectivity index (χ3v) is 5.67. The molecule has 1 saturated carbocycles. The molecule has 1 aliphatic carbocycles. The molecule has 1 heterocycles. The molecule has 6 nitrogen and oxygen atoms in total. The highest BCUT2D eigenvalue weighted by molar-refractivity contribution is 6.34. The Labute approximate surface area is 177 Å². The molecule has 0 bridgehead atoms. The summed E-state index contributed by atoms with van der Waals surface area (Å²) in [4.78, 5) is 26.8. The van der Waals surface area contributed by atoms with E-state index in [0.29, 0.717) is 35.9 Å². The topological polar surface area (TPSA) is 70.7 Å². The van der Waals surface area contributed by atoms with Crippen molar-refractivity contribution in [2.45, 2.75) is 50.6 Å². The van der Waals surface area contributed by atoms with E-state index in [1.807, 2.05) is 11.9 Å². The number of benzene rings is 1. The summed E-state index contributed by atoms with van der Waals surface area (Å²) in [5.41, 5.74) is 1.07. The minimum atomic E-state index is -0.104. The molecule has 2 aliphatic rings. The molecule has 2 amide bonds. The number of anilines is 1. The highest BCUT2D eigenvalue weighted by Gasteiger charge is 2.24. The maximum atomic E-state index is 12.8. The van der Waals surface area contributed by atoms with Gasteiger partial charge >= 0.3 is 0 Å². The highest BCUT2D eigenvalue weighted by Crippen LogP contribution is 2.26. The lowest BCUT2D eigenvalue weighted by Crippen LogP contribution is -2.43. The Morgan fingerprint density at radius 2 is 2.04 bits per heavy atom. The zero-order valence-corrected chi connectivity index (χ0v) is 17.8. The fourth-order valence-corrected chi connectivity index (χ4v) is 4.04. The van der Waals surface area contributed by atoms with E-state index in [1.165, 1.54) is 19.3 Å². The molecule has 1 atom stereocenters. The van der Waals surface area contributed by atoms with Gasteiger partial charge in [0.2, 0.25) is 5.91 Å². The fourth-order valence-electron chi connectivity index (χ4n) is 3.78. The predicted octanol–water partition coefficient (Wildman–Crippen LogP) is 3.48. The van der Waals surface area contributed by atoms with Crippen molar-refractivity contribution in [1.29, 1.82) is 0 Å². The van der Waals surface area contributed by atoms with Gasteiger partial charge in [0.1, 0.15) is 0 Å². The van der Waals surface area contributed by atoms with Gasteiger partial charge in [-0.2, -0.15) is 0 Å². The minimum absolute atomic E-state index is 0. The third kappa shape index (κ3) is 6.08. The molecule has 1 aromatic rings. The van der Waals surface area contributed by atoms with E-state index in [9.17, 15) is 9.59 Å². The molecule has 8 heteroatoms. The first-order valence-electron chi connectivity index (χ1n) is 9.72. The summed E-state index contributed by atoms with van der Waals surface area (Å²) < 4.78 is 5.36. The van der Waals surface area contributed by atoms with Crippen LogP contribution in [0.4, 0.5) is 5.69 Å². The number of carbonyl (C=O) groups excluding carboxylic acids is 2. The van der Waals surface area contributed by atoms with Crippen molar-refractivity contribution < 1.29 is 14.3 Å². The molecular weight excluding hydrogens is 401 g/mol. The van der Waals surface area contributed by atoms with Gasteiger partial charge in [0, 0.05) is 37.8 Å². The van der Waals surface area contributed by atoms with E-state index in [0.717, 1.165) is 19.4 Å². The van der Waals surface area contributed by atoms with Crippen molar-refractivity contribution in [3.8, 4) is 0 Å². The third-order valence-electron chi connectivity index (χ3n) is 5.36. The molecule has 156 valence electrons. The van der Waals surface area contributed by atoms with E-state index < -0.39 is 0 Å². The quantitative estimate of drug-likeness (QED) is 0.751. The van der Waals surface area contributed by atoms with Gasteiger partial charge in [-0.25, -0.2) is 0 Å². The summed E-state index contributed by atoms with van der Waals surface area (Å²) in [5.74, 6) is -0.166. The number of ether oxygens (including phenoxy) is 1. The Balaban J connectivity index is 0.00000280. The molecule has 1 saturated heterocycles. The summed E-state index contributed by atoms with van der Waals surface area (Å²) in [7, 11) is 1.85. The molecule has 28 heavy (non-hydrogen) atoms. The summed E-state index contributed by atoms with van der Waals surface area (Å²) >= 11 is 6.35. The van der Waals surface area contributed by atoms with E-state index in [1.54, 1.807) is 18.2 Å². The van der Waals surface area contributed by atoms with Crippen molar-refractivity contribution in [3.05, 3.63) is 28.8 Å². The van der Waals surface area contributed by atoms with E-state index in [4.69, 9.17) is 16.3 Å². The van der Waals surface area contributed by atoms with Crippen molar-refractivity contribution >= 4 is 41.5 Å². The predicted molar refractivity (Wildman–Crippen MR) is 114 cm³/mol. The van der Waals surface area contributed by atoms with Crippen LogP contribution in [0.25, 0.3) is 0 Å². The van der Waals surface area contributed by atoms with Crippen LogP contribution in [0.1, 0.15) is 48.9 Å². The molecule has 0 radical (unpaired) electrons. The minimum Gasteiger partial charge on any atom is -0.378 e. The van der Waals surface area contributed by atoms with Crippen LogP contribution in [0.2, 0.25) is 5.02 Å². The second kappa shape index (κ2) is 11.0. The normalized spacial score (nSPS) is 20.1. The van der Waals surface area contributed by atoms with Crippen LogP contribution in [-0.4, -0.2) is 55.6 Å². The zero-order valence-electron chi connectivity index (χ0n) is 16.2. The van der Waals surface area contributed by atoms with Gasteiger partial charge in [-0.3, -0.25) is 9.59 Å². The molecule has 1 unspecified atom stereocenters.